The van der Waals surface area contributed by atoms with Crippen molar-refractivity contribution in [1.29, 1.82) is 0 Å². The lowest BCUT2D eigenvalue weighted by atomic mass is 10.1. The Hall–Kier alpha value is -3.99. The molecule has 0 radical (unpaired) electrons. The van der Waals surface area contributed by atoms with E-state index in [1.54, 1.807) is 6.07 Å². The lowest BCUT2D eigenvalue weighted by Gasteiger charge is -2.33. The van der Waals surface area contributed by atoms with Crippen LogP contribution in [0.5, 0.6) is 0 Å². The largest absolute Gasteiger partial charge is 0.383 e. The van der Waals surface area contributed by atoms with Gasteiger partial charge < -0.3 is 20.4 Å². The van der Waals surface area contributed by atoms with Crippen LogP contribution in [0, 0.1) is 5.82 Å². The summed E-state index contributed by atoms with van der Waals surface area (Å²) >= 11 is 0. The number of fused-ring (bicyclic) bond motifs is 1. The molecule has 2 aliphatic rings. The van der Waals surface area contributed by atoms with Crippen LogP contribution in [0.2, 0.25) is 0 Å². The van der Waals surface area contributed by atoms with Crippen molar-refractivity contribution in [2.45, 2.75) is 45.2 Å². The van der Waals surface area contributed by atoms with Gasteiger partial charge in [-0.25, -0.2) is 4.39 Å². The van der Waals surface area contributed by atoms with Crippen molar-refractivity contribution in [2.24, 2.45) is 0 Å². The fourth-order valence-corrected chi connectivity index (χ4v) is 5.04. The molecule has 198 valence electrons. The third-order valence-electron chi connectivity index (χ3n) is 7.04. The Bertz CT molecular complexity index is 1250. The van der Waals surface area contributed by atoms with Gasteiger partial charge >= 0.3 is 0 Å². The molecule has 2 N–H and O–H groups in total. The minimum Gasteiger partial charge on any atom is -0.383 e. The first kappa shape index (κ1) is 27.1. The number of rotatable bonds is 9. The summed E-state index contributed by atoms with van der Waals surface area (Å²) in [5, 5.41) is 6.88. The number of anilines is 2. The smallest absolute Gasteiger partial charge is 0.126 e. The molecule has 0 bridgehead atoms. The molecular weight excluding hydrogens is 471 g/mol. The van der Waals surface area contributed by atoms with Gasteiger partial charge in [-0.15, -0.1) is 0 Å². The third kappa shape index (κ3) is 6.65. The van der Waals surface area contributed by atoms with E-state index in [9.17, 15) is 4.39 Å². The van der Waals surface area contributed by atoms with Gasteiger partial charge in [-0.3, -0.25) is 0 Å². The molecule has 5 rings (SSSR count). The third-order valence-corrected chi connectivity index (χ3v) is 7.04. The molecule has 38 heavy (non-hydrogen) atoms. The lowest BCUT2D eigenvalue weighted by Crippen LogP contribution is -2.38. The normalized spacial score (nSPS) is 15.8. The fourth-order valence-electron chi connectivity index (χ4n) is 5.04. The minimum absolute atomic E-state index is 0.0793. The standard InChI is InChI=1S/C24H28N4.C9H11F/c1-18(17-28-20(3)26-22-12-7-8-13-24(22)28)27-15-9-14-23(27)19(2)25-16-21-10-5-4-6-11-21;1-2-5-8-6-3-4-7-9(8)10/h4-8,10-13,23,25-26H,1-3,9,14-17H2;3-4,6-7H,2,5H2,1H3. The average molecular weight is 511 g/mol. The molecule has 1 fully saturated rings. The Balaban J connectivity index is 0.000000283. The predicted octanol–water partition coefficient (Wildman–Crippen LogP) is 7.45. The molecule has 0 saturated carbocycles. The Morgan fingerprint density at radius 2 is 1.71 bits per heavy atom. The van der Waals surface area contributed by atoms with Crippen molar-refractivity contribution in [1.82, 2.24) is 10.2 Å². The van der Waals surface area contributed by atoms with Crippen molar-refractivity contribution in [3.05, 3.63) is 133 Å². The second kappa shape index (κ2) is 13.0. The number of hydrogen-bond acceptors (Lipinski definition) is 4. The van der Waals surface area contributed by atoms with E-state index >= 15 is 0 Å². The number of hydrogen-bond donors (Lipinski definition) is 2. The summed E-state index contributed by atoms with van der Waals surface area (Å²) in [6.07, 6.45) is 4.11. The summed E-state index contributed by atoms with van der Waals surface area (Å²) in [5.74, 6) is 0.823. The van der Waals surface area contributed by atoms with Crippen LogP contribution < -0.4 is 15.5 Å². The first-order chi connectivity index (χ1) is 18.5. The highest BCUT2D eigenvalue weighted by Crippen LogP contribution is 2.36. The van der Waals surface area contributed by atoms with Crippen LogP contribution in [0.1, 0.15) is 37.3 Å². The minimum atomic E-state index is -0.0793. The summed E-state index contributed by atoms with van der Waals surface area (Å²) in [7, 11) is 0. The Morgan fingerprint density at radius 3 is 2.47 bits per heavy atom. The van der Waals surface area contributed by atoms with E-state index in [0.29, 0.717) is 0 Å². The Kier molecular flexibility index (Phi) is 9.26. The monoisotopic (exact) mass is 510 g/mol. The van der Waals surface area contributed by atoms with Gasteiger partial charge in [0.2, 0.25) is 0 Å². The van der Waals surface area contributed by atoms with Crippen LogP contribution in [-0.4, -0.2) is 24.0 Å². The molecule has 1 saturated heterocycles. The van der Waals surface area contributed by atoms with E-state index in [4.69, 9.17) is 0 Å². The van der Waals surface area contributed by atoms with Crippen LogP contribution in [0.4, 0.5) is 15.8 Å². The molecule has 0 aliphatic carbocycles. The van der Waals surface area contributed by atoms with Gasteiger partial charge in [0.15, 0.2) is 0 Å². The summed E-state index contributed by atoms with van der Waals surface area (Å²) < 4.78 is 12.8. The van der Waals surface area contributed by atoms with E-state index in [0.717, 1.165) is 79.5 Å². The topological polar surface area (TPSA) is 30.5 Å². The summed E-state index contributed by atoms with van der Waals surface area (Å²) in [5.41, 5.74) is 6.52. The number of halogens is 1. The molecule has 3 aromatic rings. The van der Waals surface area contributed by atoms with Gasteiger partial charge in [0, 0.05) is 24.5 Å². The summed E-state index contributed by atoms with van der Waals surface area (Å²) in [4.78, 5) is 4.60. The highest BCUT2D eigenvalue weighted by atomic mass is 19.1. The van der Waals surface area contributed by atoms with Gasteiger partial charge in [-0.2, -0.15) is 0 Å². The number of nitrogens with one attached hydrogen (secondary N) is 2. The van der Waals surface area contributed by atoms with Crippen LogP contribution in [-0.2, 0) is 13.0 Å². The van der Waals surface area contributed by atoms with E-state index < -0.39 is 0 Å². The Labute approximate surface area is 227 Å². The van der Waals surface area contributed by atoms with Gasteiger partial charge in [0.05, 0.1) is 24.0 Å². The van der Waals surface area contributed by atoms with Gasteiger partial charge in [0.1, 0.15) is 11.6 Å². The number of likely N-dealkylation sites (tertiary alicyclic amines) is 1. The van der Waals surface area contributed by atoms with E-state index in [-0.39, 0.29) is 11.9 Å². The van der Waals surface area contributed by atoms with Gasteiger partial charge in [-0.1, -0.05) is 93.7 Å². The highest BCUT2D eigenvalue weighted by Gasteiger charge is 2.30. The van der Waals surface area contributed by atoms with E-state index in [2.05, 4.69) is 82.6 Å². The molecule has 0 spiro atoms. The van der Waals surface area contributed by atoms with Crippen molar-refractivity contribution in [3.8, 4) is 0 Å². The molecular formula is C33H39FN4. The molecule has 1 unspecified atom stereocenters. The SMILES string of the molecule is C=C(NCc1ccccc1)C1CCCN1C(=C)CN1C(=C)Nc2ccccc21.CCCc1ccccc1F. The maximum Gasteiger partial charge on any atom is 0.126 e. The predicted molar refractivity (Wildman–Crippen MR) is 158 cm³/mol. The summed E-state index contributed by atoms with van der Waals surface area (Å²) in [6, 6.07) is 26.0. The number of benzene rings is 3. The van der Waals surface area contributed by atoms with Crippen LogP contribution in [0.15, 0.2) is 116 Å². The van der Waals surface area contributed by atoms with Crippen LogP contribution in [0.3, 0.4) is 0 Å². The van der Waals surface area contributed by atoms with Crippen molar-refractivity contribution >= 4 is 11.4 Å². The number of aryl methyl sites for hydroxylation is 1. The van der Waals surface area contributed by atoms with Gasteiger partial charge in [-0.05, 0) is 48.6 Å². The molecule has 0 amide bonds. The van der Waals surface area contributed by atoms with E-state index in [1.165, 1.54) is 11.6 Å². The highest BCUT2D eigenvalue weighted by molar-refractivity contribution is 5.80. The number of nitrogens with zero attached hydrogens (tertiary/aromatic N) is 2. The maximum absolute atomic E-state index is 12.8. The molecule has 0 aromatic heterocycles. The zero-order valence-corrected chi connectivity index (χ0v) is 22.4. The molecule has 2 heterocycles. The first-order valence-electron chi connectivity index (χ1n) is 13.4. The van der Waals surface area contributed by atoms with Crippen molar-refractivity contribution in [2.75, 3.05) is 23.3 Å². The molecule has 1 atom stereocenters. The molecule has 4 nitrogen and oxygen atoms in total. The second-order valence-electron chi connectivity index (χ2n) is 9.80. The Morgan fingerprint density at radius 1 is 1.00 bits per heavy atom. The van der Waals surface area contributed by atoms with Crippen molar-refractivity contribution < 1.29 is 4.39 Å². The second-order valence-corrected chi connectivity index (χ2v) is 9.80. The lowest BCUT2D eigenvalue weighted by molar-refractivity contribution is 0.339. The number of para-hydroxylation sites is 2. The van der Waals surface area contributed by atoms with Crippen molar-refractivity contribution in [3.63, 3.8) is 0 Å². The van der Waals surface area contributed by atoms with Crippen LogP contribution in [0.25, 0.3) is 0 Å². The first-order valence-corrected chi connectivity index (χ1v) is 13.4. The zero-order chi connectivity index (χ0) is 26.9. The summed E-state index contributed by atoms with van der Waals surface area (Å²) in [6.45, 7) is 17.5. The molecule has 5 heteroatoms. The molecule has 2 aliphatic heterocycles. The van der Waals surface area contributed by atoms with Gasteiger partial charge in [0.25, 0.3) is 0 Å². The molecule has 3 aromatic carbocycles. The zero-order valence-electron chi connectivity index (χ0n) is 22.4. The average Bonchev–Trinajstić information content (AvgIpc) is 3.55. The van der Waals surface area contributed by atoms with E-state index in [1.807, 2.05) is 31.2 Å². The maximum atomic E-state index is 12.8. The quantitative estimate of drug-likeness (QED) is 0.313. The van der Waals surface area contributed by atoms with Crippen LogP contribution >= 0.6 is 0 Å². The fraction of sp³-hybridized carbons (Fsp3) is 0.273.